The predicted molar refractivity (Wildman–Crippen MR) is 186 cm³/mol. The van der Waals surface area contributed by atoms with E-state index in [9.17, 15) is 13.2 Å². The van der Waals surface area contributed by atoms with Crippen molar-refractivity contribution in [2.24, 2.45) is 4.99 Å². The third-order valence-electron chi connectivity index (χ3n) is 7.39. The number of aliphatic imine (C=N–C) groups is 1. The molecule has 0 spiro atoms. The number of nitrogens with one attached hydrogen (secondary N) is 1. The highest BCUT2D eigenvalue weighted by Gasteiger charge is 2.39. The minimum absolute atomic E-state index is 0.0469. The van der Waals surface area contributed by atoms with E-state index in [1.807, 2.05) is 62.4 Å². The Bertz CT molecular complexity index is 1710. The first-order valence-electron chi connectivity index (χ1n) is 14.5. The quantitative estimate of drug-likeness (QED) is 0.230. The Balaban J connectivity index is 1.46. The third-order valence-corrected chi connectivity index (χ3v) is 10.7. The summed E-state index contributed by atoms with van der Waals surface area (Å²) < 4.78 is 25.6. The number of carbonyl (C=O) groups excluding carboxylic acids is 1. The lowest BCUT2D eigenvalue weighted by atomic mass is 10.1. The average molecular weight is 670 g/mol. The van der Waals surface area contributed by atoms with Crippen LogP contribution in [0.1, 0.15) is 25.0 Å². The second-order valence-electron chi connectivity index (χ2n) is 10.5. The van der Waals surface area contributed by atoms with Crippen molar-refractivity contribution in [1.82, 2.24) is 9.62 Å². The summed E-state index contributed by atoms with van der Waals surface area (Å²) in [5.41, 5.74) is 4.91. The highest BCUT2D eigenvalue weighted by Crippen LogP contribution is 2.51. The molecule has 0 radical (unpaired) electrons. The van der Waals surface area contributed by atoms with Crippen LogP contribution in [0.3, 0.4) is 0 Å². The zero-order chi connectivity index (χ0) is 31.4. The number of fused-ring (bicyclic) bond motifs is 1. The molecule has 1 saturated heterocycles. The molecule has 0 atom stereocenters. The average Bonchev–Trinajstić information content (AvgIpc) is 3.51. The van der Waals surface area contributed by atoms with Crippen molar-refractivity contribution in [1.29, 1.82) is 0 Å². The van der Waals surface area contributed by atoms with Gasteiger partial charge in [0.15, 0.2) is 5.17 Å². The van der Waals surface area contributed by atoms with Crippen LogP contribution in [0.5, 0.6) is 0 Å². The molecule has 2 aliphatic rings. The van der Waals surface area contributed by atoms with Gasteiger partial charge in [0.25, 0.3) is 5.91 Å². The Kier molecular flexibility index (Phi) is 10.3. The number of amidine groups is 1. The SMILES string of the molecule is CCN(CCNS(C)(=O)=O)c1ccc(N=C2S/C(=C3\Sc4ccc(Cl)cc4N3CC)C(=O)N2CCc2ccccc2)c(C)c1. The largest absolute Gasteiger partial charge is 0.370 e. The van der Waals surface area contributed by atoms with E-state index < -0.39 is 10.0 Å². The van der Waals surface area contributed by atoms with Crippen molar-refractivity contribution >= 4 is 73.3 Å². The maximum absolute atomic E-state index is 14.1. The smallest absolute Gasteiger partial charge is 0.269 e. The number of benzene rings is 3. The number of carbonyl (C=O) groups is 1. The van der Waals surface area contributed by atoms with E-state index in [-0.39, 0.29) is 5.91 Å². The van der Waals surface area contributed by atoms with Crippen molar-refractivity contribution in [2.75, 3.05) is 48.8 Å². The van der Waals surface area contributed by atoms with E-state index in [2.05, 4.69) is 39.6 Å². The number of sulfonamides is 1. The van der Waals surface area contributed by atoms with Crippen LogP contribution >= 0.6 is 35.1 Å². The first kappa shape index (κ1) is 32.4. The summed E-state index contributed by atoms with van der Waals surface area (Å²) in [5, 5.41) is 2.22. The zero-order valence-corrected chi connectivity index (χ0v) is 28.4. The molecule has 1 N–H and O–H groups in total. The standard InChI is InChI=1S/C32H36ClN5O3S3/c1-5-36(19-17-34-44(4,40)41)25-13-14-26(22(3)20-25)35-32-38(18-16-23-10-8-7-9-11-23)30(39)29(43-32)31-37(6-2)27-21-24(33)12-15-28(27)42-31/h7-15,20-21,34H,5-6,16-19H2,1-4H3/b31-29-,35-32?. The number of nitrogens with zero attached hydrogens (tertiary/aromatic N) is 4. The topological polar surface area (TPSA) is 85.3 Å². The van der Waals surface area contributed by atoms with Crippen LogP contribution in [-0.2, 0) is 21.2 Å². The predicted octanol–water partition coefficient (Wildman–Crippen LogP) is 6.63. The molecular formula is C32H36ClN5O3S3. The van der Waals surface area contributed by atoms with Gasteiger partial charge in [-0.25, -0.2) is 18.1 Å². The van der Waals surface area contributed by atoms with Crippen LogP contribution in [0.2, 0.25) is 5.02 Å². The Hall–Kier alpha value is -2.96. The van der Waals surface area contributed by atoms with E-state index >= 15 is 0 Å². The summed E-state index contributed by atoms with van der Waals surface area (Å²) in [5.74, 6) is -0.0469. The monoisotopic (exact) mass is 669 g/mol. The van der Waals surface area contributed by atoms with Gasteiger partial charge in [-0.3, -0.25) is 9.69 Å². The Labute approximate surface area is 273 Å². The molecule has 1 amide bonds. The second-order valence-corrected chi connectivity index (χ2v) is 14.8. The summed E-state index contributed by atoms with van der Waals surface area (Å²) in [6.45, 7) is 8.93. The first-order valence-corrected chi connectivity index (χ1v) is 18.4. The summed E-state index contributed by atoms with van der Waals surface area (Å²) in [6, 6.07) is 22.0. The van der Waals surface area contributed by atoms with Gasteiger partial charge >= 0.3 is 0 Å². The third kappa shape index (κ3) is 7.46. The van der Waals surface area contributed by atoms with Crippen LogP contribution in [0.15, 0.2) is 86.6 Å². The van der Waals surface area contributed by atoms with Crippen LogP contribution in [0.25, 0.3) is 0 Å². The van der Waals surface area contributed by atoms with E-state index in [4.69, 9.17) is 16.6 Å². The minimum Gasteiger partial charge on any atom is -0.370 e. The first-order chi connectivity index (χ1) is 21.1. The molecule has 0 saturated carbocycles. The van der Waals surface area contributed by atoms with Gasteiger partial charge < -0.3 is 9.80 Å². The number of thioether (sulfide) groups is 2. The molecule has 0 bridgehead atoms. The Morgan fingerprint density at radius 1 is 1.00 bits per heavy atom. The van der Waals surface area contributed by atoms with Crippen molar-refractivity contribution in [2.45, 2.75) is 32.1 Å². The molecular weight excluding hydrogens is 634 g/mol. The number of amides is 1. The number of hydrogen-bond donors (Lipinski definition) is 1. The van der Waals surface area contributed by atoms with E-state index in [1.54, 1.807) is 16.7 Å². The van der Waals surface area contributed by atoms with Crippen molar-refractivity contribution in [3.05, 3.63) is 92.8 Å². The summed E-state index contributed by atoms with van der Waals surface area (Å²) in [6.07, 6.45) is 1.87. The minimum atomic E-state index is -3.25. The molecule has 8 nitrogen and oxygen atoms in total. The van der Waals surface area contributed by atoms with Gasteiger partial charge in [-0.1, -0.05) is 53.7 Å². The molecule has 3 aromatic carbocycles. The van der Waals surface area contributed by atoms with Crippen molar-refractivity contribution < 1.29 is 13.2 Å². The molecule has 2 aliphatic heterocycles. The lowest BCUT2D eigenvalue weighted by molar-refractivity contribution is -0.122. The highest BCUT2D eigenvalue weighted by atomic mass is 35.5. The normalized spacial score (nSPS) is 17.6. The summed E-state index contributed by atoms with van der Waals surface area (Å²) in [4.78, 5) is 26.9. The van der Waals surface area contributed by atoms with Crippen LogP contribution < -0.4 is 14.5 Å². The Morgan fingerprint density at radius 3 is 2.45 bits per heavy atom. The van der Waals surface area contributed by atoms with E-state index in [1.165, 1.54) is 11.8 Å². The number of hydrogen-bond acceptors (Lipinski definition) is 8. The van der Waals surface area contributed by atoms with Crippen molar-refractivity contribution in [3.63, 3.8) is 0 Å². The van der Waals surface area contributed by atoms with Crippen molar-refractivity contribution in [3.8, 4) is 0 Å². The number of anilines is 2. The number of halogens is 1. The van der Waals surface area contributed by atoms with Gasteiger partial charge in [0, 0.05) is 48.3 Å². The lowest BCUT2D eigenvalue weighted by Gasteiger charge is -2.24. The maximum atomic E-state index is 14.1. The highest BCUT2D eigenvalue weighted by molar-refractivity contribution is 8.19. The van der Waals surface area contributed by atoms with Gasteiger partial charge in [-0.15, -0.1) is 0 Å². The Morgan fingerprint density at radius 2 is 1.77 bits per heavy atom. The maximum Gasteiger partial charge on any atom is 0.269 e. The molecule has 3 aromatic rings. The van der Waals surface area contributed by atoms with Gasteiger partial charge in [0.2, 0.25) is 10.0 Å². The fraction of sp³-hybridized carbons (Fsp3) is 0.312. The molecule has 5 rings (SSSR count). The number of rotatable bonds is 11. The molecule has 1 fully saturated rings. The second kappa shape index (κ2) is 14.0. The van der Waals surface area contributed by atoms with Gasteiger partial charge in [-0.2, -0.15) is 0 Å². The molecule has 0 aromatic heterocycles. The van der Waals surface area contributed by atoms with Gasteiger partial charge in [0.1, 0.15) is 9.93 Å². The number of aryl methyl sites for hydroxylation is 1. The zero-order valence-electron chi connectivity index (χ0n) is 25.2. The molecule has 0 aliphatic carbocycles. The molecule has 12 heteroatoms. The van der Waals surface area contributed by atoms with Gasteiger partial charge in [0.05, 0.1) is 17.6 Å². The van der Waals surface area contributed by atoms with Crippen LogP contribution in [0, 0.1) is 6.92 Å². The fourth-order valence-corrected chi connectivity index (χ4v) is 8.16. The fourth-order valence-electron chi connectivity index (χ4n) is 5.14. The lowest BCUT2D eigenvalue weighted by Crippen LogP contribution is -2.34. The molecule has 0 unspecified atom stereocenters. The van der Waals surface area contributed by atoms with E-state index in [0.717, 1.165) is 50.9 Å². The van der Waals surface area contributed by atoms with Crippen LogP contribution in [-0.4, -0.2) is 63.4 Å². The van der Waals surface area contributed by atoms with E-state index in [0.29, 0.717) is 47.7 Å². The number of likely N-dealkylation sites (N-methyl/N-ethyl adjacent to an activating group) is 1. The van der Waals surface area contributed by atoms with Crippen LogP contribution in [0.4, 0.5) is 17.1 Å². The molecule has 44 heavy (non-hydrogen) atoms. The van der Waals surface area contributed by atoms with Gasteiger partial charge in [-0.05, 0) is 86.5 Å². The summed E-state index contributed by atoms with van der Waals surface area (Å²) >= 11 is 9.35. The molecule has 232 valence electrons. The summed E-state index contributed by atoms with van der Waals surface area (Å²) in [7, 11) is -3.25. The molecule has 2 heterocycles.